The summed E-state index contributed by atoms with van der Waals surface area (Å²) in [7, 11) is -12.2. The highest BCUT2D eigenvalue weighted by Crippen LogP contribution is 2.23. The molecule has 0 aromatic heterocycles. The van der Waals surface area contributed by atoms with E-state index in [2.05, 4.69) is 0 Å². The van der Waals surface area contributed by atoms with Crippen molar-refractivity contribution in [1.82, 2.24) is 0 Å². The molecule has 4 rings (SSSR count). The highest BCUT2D eigenvalue weighted by Gasteiger charge is 2.40. The normalized spacial score (nSPS) is 12.0. The summed E-state index contributed by atoms with van der Waals surface area (Å²) < 4.78 is 18.3. The van der Waals surface area contributed by atoms with E-state index in [1.165, 1.54) is 60.7 Å². The fourth-order valence-electron chi connectivity index (χ4n) is 6.82. The van der Waals surface area contributed by atoms with Gasteiger partial charge in [-0.25, -0.2) is 38.4 Å². The molecule has 21 heteroatoms. The maximum absolute atomic E-state index is 13.4. The van der Waals surface area contributed by atoms with Crippen LogP contribution in [0.2, 0.25) is 52.4 Å². The van der Waals surface area contributed by atoms with E-state index in [4.69, 9.17) is 13.0 Å². The smallest absolute Gasteiger partial charge is 0.346 e. The molecule has 6 N–H and O–H groups in total. The summed E-state index contributed by atoms with van der Waals surface area (Å²) >= 11 is 0. The summed E-state index contributed by atoms with van der Waals surface area (Å²) in [6, 6.07) is 15.3. The molecule has 0 aliphatic rings. The molecular formula is C40H42O17Si4. The van der Waals surface area contributed by atoms with Gasteiger partial charge >= 0.3 is 47.8 Å². The van der Waals surface area contributed by atoms with E-state index in [0.717, 1.165) is 12.1 Å². The molecule has 0 saturated heterocycles. The number of carboxylic acids is 6. The number of aromatic carboxylic acids is 6. The van der Waals surface area contributed by atoms with E-state index in [1.54, 1.807) is 52.4 Å². The third kappa shape index (κ3) is 10.3. The average molecular weight is 907 g/mol. The van der Waals surface area contributed by atoms with Crippen LogP contribution in [0.15, 0.2) is 72.8 Å². The van der Waals surface area contributed by atoms with Crippen molar-refractivity contribution in [3.8, 4) is 0 Å². The van der Waals surface area contributed by atoms with Crippen molar-refractivity contribution in [2.24, 2.45) is 0 Å². The fourth-order valence-corrected chi connectivity index (χ4v) is 22.8. The molecule has 0 aliphatic heterocycles. The largest absolute Gasteiger partial charge is 0.478 e. The summed E-state index contributed by atoms with van der Waals surface area (Å²) in [5.74, 6) is -11.6. The van der Waals surface area contributed by atoms with E-state index in [1.807, 2.05) is 0 Å². The van der Waals surface area contributed by atoms with Crippen LogP contribution in [0.4, 0.5) is 0 Å². The van der Waals surface area contributed by atoms with Crippen molar-refractivity contribution in [2.45, 2.75) is 52.4 Å². The molecule has 4 aromatic carbocycles. The molecule has 0 atom stereocenters. The molecule has 0 amide bonds. The Balaban J connectivity index is 1.60. The van der Waals surface area contributed by atoms with Gasteiger partial charge in [-0.2, -0.15) is 0 Å². The topological polar surface area (TPSA) is 286 Å². The van der Waals surface area contributed by atoms with Crippen LogP contribution in [0, 0.1) is 0 Å². The number of carbonyl (C=O) groups excluding carboxylic acids is 2. The van der Waals surface area contributed by atoms with Crippen LogP contribution in [0.1, 0.15) is 82.9 Å². The van der Waals surface area contributed by atoms with E-state index in [9.17, 15) is 69.0 Å². The SMILES string of the molecule is C[Si](C)(O[Si](C)(C)c1ccc(C(=O)OC(=O)c2ccc([Si](C)(C)O[Si](C)(C)c3ccc(C(=O)O)c(C(=O)O)c3)cc2C(=O)O)c(C(=O)O)c1)c1ccc(C(=O)O)c(C(=O)O)c1. The number of hydrogen-bond acceptors (Lipinski definition) is 11. The van der Waals surface area contributed by atoms with Gasteiger partial charge in [0, 0.05) is 0 Å². The van der Waals surface area contributed by atoms with Gasteiger partial charge in [0.1, 0.15) is 0 Å². The summed E-state index contributed by atoms with van der Waals surface area (Å²) in [5, 5.41) is 60.1. The van der Waals surface area contributed by atoms with Gasteiger partial charge in [0.2, 0.25) is 33.3 Å². The van der Waals surface area contributed by atoms with E-state index >= 15 is 0 Å². The summed E-state index contributed by atoms with van der Waals surface area (Å²) in [4.78, 5) is 98.5. The van der Waals surface area contributed by atoms with Crippen LogP contribution in [0.5, 0.6) is 0 Å². The molecule has 17 nitrogen and oxygen atoms in total. The van der Waals surface area contributed by atoms with Crippen molar-refractivity contribution in [3.63, 3.8) is 0 Å². The fraction of sp³-hybridized carbons (Fsp3) is 0.200. The number of hydrogen-bond donors (Lipinski definition) is 6. The van der Waals surface area contributed by atoms with E-state index in [0.29, 0.717) is 20.7 Å². The number of rotatable bonds is 16. The maximum Gasteiger partial charge on any atom is 0.346 e. The van der Waals surface area contributed by atoms with Crippen molar-refractivity contribution in [2.75, 3.05) is 0 Å². The van der Waals surface area contributed by atoms with Crippen LogP contribution in [0.25, 0.3) is 0 Å². The predicted octanol–water partition coefficient (Wildman–Crippen LogP) is 3.96. The number of ether oxygens (including phenoxy) is 1. The minimum atomic E-state index is -3.09. The highest BCUT2D eigenvalue weighted by atomic mass is 28.4. The number of esters is 2. The van der Waals surface area contributed by atoms with Gasteiger partial charge in [-0.3, -0.25) is 0 Å². The zero-order chi connectivity index (χ0) is 46.2. The highest BCUT2D eigenvalue weighted by molar-refractivity contribution is 6.97. The summed E-state index contributed by atoms with van der Waals surface area (Å²) in [6.07, 6.45) is 0. The van der Waals surface area contributed by atoms with Crippen molar-refractivity contribution < 1.29 is 82.0 Å². The number of benzene rings is 4. The number of carbonyl (C=O) groups is 8. The van der Waals surface area contributed by atoms with Gasteiger partial charge in [-0.15, -0.1) is 0 Å². The van der Waals surface area contributed by atoms with Gasteiger partial charge in [0.05, 0.1) is 44.5 Å². The predicted molar refractivity (Wildman–Crippen MR) is 228 cm³/mol. The van der Waals surface area contributed by atoms with Crippen LogP contribution < -0.4 is 20.7 Å². The second-order valence-electron chi connectivity index (χ2n) is 15.8. The van der Waals surface area contributed by atoms with E-state index < -0.39 is 126 Å². The van der Waals surface area contributed by atoms with Gasteiger partial charge in [-0.1, -0.05) is 24.3 Å². The first-order chi connectivity index (χ1) is 28.0. The Bertz CT molecular complexity index is 2370. The Kier molecular flexibility index (Phi) is 13.4. The van der Waals surface area contributed by atoms with Crippen molar-refractivity contribution >= 4 is 102 Å². The van der Waals surface area contributed by atoms with Crippen LogP contribution in [0.3, 0.4) is 0 Å². The third-order valence-corrected chi connectivity index (χ3v) is 24.9. The lowest BCUT2D eigenvalue weighted by atomic mass is 10.1. The zero-order valence-electron chi connectivity index (χ0n) is 34.1. The maximum atomic E-state index is 13.4. The Labute approximate surface area is 352 Å². The molecule has 0 bridgehead atoms. The van der Waals surface area contributed by atoms with Crippen LogP contribution in [-0.4, -0.2) is 112 Å². The molecule has 0 spiro atoms. The molecule has 0 fully saturated rings. The molecule has 0 saturated carbocycles. The summed E-state index contributed by atoms with van der Waals surface area (Å²) in [5.41, 5.74) is -3.78. The Morgan fingerprint density at radius 2 is 0.525 bits per heavy atom. The Morgan fingerprint density at radius 3 is 0.738 bits per heavy atom. The molecule has 0 heterocycles. The molecular weight excluding hydrogens is 865 g/mol. The molecule has 0 unspecified atom stereocenters. The first kappa shape index (κ1) is 47.3. The molecule has 61 heavy (non-hydrogen) atoms. The quantitative estimate of drug-likeness (QED) is 0.0527. The standard InChI is InChI=1S/C40H42O17Si4/c1-58(2,21-9-13-25(33(41)42)29(17-21)35(45)46)56-60(5,6)23-11-15-27(31(19-23)37(49)50)39(53)55-40(54)28-16-12-24(20-32(28)38(51)52)61(7,8)57-59(3,4)22-10-14-26(34(43)44)30(18-22)36(47)48/h9-20H,1-8H3,(H,41,42)(H,43,44)(H,45,46)(H,47,48)(H,49,50)(H,51,52). The lowest BCUT2D eigenvalue weighted by Gasteiger charge is -2.35. The van der Waals surface area contributed by atoms with Gasteiger partial charge in [0.25, 0.3) is 0 Å². The monoisotopic (exact) mass is 906 g/mol. The van der Waals surface area contributed by atoms with Crippen molar-refractivity contribution in [3.05, 3.63) is 117 Å². The van der Waals surface area contributed by atoms with Gasteiger partial charge in [-0.05, 0) is 122 Å². The van der Waals surface area contributed by atoms with Gasteiger partial charge < -0.3 is 43.6 Å². The zero-order valence-corrected chi connectivity index (χ0v) is 38.1. The molecule has 0 radical (unpaired) electrons. The first-order valence-corrected chi connectivity index (χ1v) is 29.8. The lowest BCUT2D eigenvalue weighted by Crippen LogP contribution is -2.58. The van der Waals surface area contributed by atoms with Crippen molar-refractivity contribution in [1.29, 1.82) is 0 Å². The van der Waals surface area contributed by atoms with Gasteiger partial charge in [0.15, 0.2) is 0 Å². The average Bonchev–Trinajstić information content (AvgIpc) is 3.15. The molecule has 4 aromatic rings. The second kappa shape index (κ2) is 17.3. The minimum absolute atomic E-state index is 0.400. The second-order valence-corrected chi connectivity index (χ2v) is 31.8. The third-order valence-electron chi connectivity index (χ3n) is 9.89. The van der Waals surface area contributed by atoms with Crippen LogP contribution in [-0.2, 0) is 13.0 Å². The van der Waals surface area contributed by atoms with Crippen LogP contribution >= 0.6 is 0 Å². The molecule has 0 aliphatic carbocycles. The Hall–Kier alpha value is -6.37. The lowest BCUT2D eigenvalue weighted by molar-refractivity contribution is 0.0385. The minimum Gasteiger partial charge on any atom is -0.478 e. The summed E-state index contributed by atoms with van der Waals surface area (Å²) in [6.45, 7) is 14.0. The number of carboxylic acid groups (broad SMARTS) is 6. The van der Waals surface area contributed by atoms with E-state index in [-0.39, 0.29) is 0 Å². The first-order valence-electron chi connectivity index (χ1n) is 18.2. The molecule has 320 valence electrons. The Morgan fingerprint density at radius 1 is 0.328 bits per heavy atom.